The summed E-state index contributed by atoms with van der Waals surface area (Å²) >= 11 is 0. The number of nitrogens with zero attached hydrogens (tertiary/aromatic N) is 2. The van der Waals surface area contributed by atoms with Gasteiger partial charge in [-0.2, -0.15) is 0 Å². The highest BCUT2D eigenvalue weighted by atomic mass is 15.5. The van der Waals surface area contributed by atoms with Gasteiger partial charge in [0.15, 0.2) is 0 Å². The van der Waals surface area contributed by atoms with E-state index in [1.165, 1.54) is 80.6 Å². The molecule has 2 heteroatoms. The van der Waals surface area contributed by atoms with Gasteiger partial charge in [0.1, 0.15) is 26.2 Å². The zero-order chi connectivity index (χ0) is 12.4. The van der Waals surface area contributed by atoms with E-state index >= 15 is 0 Å². The molecule has 17 heavy (non-hydrogen) atoms. The van der Waals surface area contributed by atoms with Gasteiger partial charge in [0.2, 0.25) is 0 Å². The summed E-state index contributed by atoms with van der Waals surface area (Å²) in [6.45, 7) is 18.6. The summed E-state index contributed by atoms with van der Waals surface area (Å²) in [5.74, 6) is 0.978. The topological polar surface area (TPSA) is 0 Å². The second-order valence-corrected chi connectivity index (χ2v) is 6.69. The van der Waals surface area contributed by atoms with Crippen molar-refractivity contribution >= 4 is 0 Å². The molecule has 0 amide bonds. The zero-order valence-corrected chi connectivity index (χ0v) is 12.2. The molecule has 2 rings (SSSR count). The summed E-state index contributed by atoms with van der Waals surface area (Å²) in [7, 11) is 0. The molecule has 0 N–H and O–H groups in total. The fraction of sp³-hybridized carbons (Fsp3) is 1.00. The van der Waals surface area contributed by atoms with E-state index in [9.17, 15) is 0 Å². The first-order chi connectivity index (χ1) is 8.14. The molecule has 2 saturated heterocycles. The minimum atomic E-state index is 0.978. The lowest BCUT2D eigenvalue weighted by atomic mass is 10.0. The third-order valence-corrected chi connectivity index (χ3v) is 5.86. The minimum absolute atomic E-state index is 0.978. The van der Waals surface area contributed by atoms with Crippen LogP contribution >= 0.6 is 0 Å². The van der Waals surface area contributed by atoms with Gasteiger partial charge in [-0.15, -0.1) is 0 Å². The molecule has 1 spiro atoms. The third-order valence-electron chi connectivity index (χ3n) is 5.86. The smallest absolute Gasteiger partial charge is 0.129 e. The van der Waals surface area contributed by atoms with Crippen molar-refractivity contribution in [3.8, 4) is 0 Å². The van der Waals surface area contributed by atoms with Gasteiger partial charge in [-0.05, 0) is 39.0 Å². The quantitative estimate of drug-likeness (QED) is 0.651. The number of rotatable bonds is 2. The van der Waals surface area contributed by atoms with Gasteiger partial charge >= 0.3 is 0 Å². The second kappa shape index (κ2) is 5.27. The molecule has 0 unspecified atom stereocenters. The molecule has 0 bridgehead atoms. The number of likely N-dealkylation sites (N-methyl/N-ethyl adjacent to an activating group) is 1. The van der Waals surface area contributed by atoms with Crippen LogP contribution in [0.4, 0.5) is 0 Å². The average molecular weight is 240 g/mol. The molecule has 0 aromatic carbocycles. The first-order valence-electron chi connectivity index (χ1n) is 7.84. The maximum atomic E-state index is 2.45. The largest absolute Gasteiger partial charge is 0.315 e. The molecule has 100 valence electrons. The van der Waals surface area contributed by atoms with E-state index in [2.05, 4.69) is 20.8 Å². The molecule has 1 atom stereocenters. The Kier molecular flexibility index (Phi) is 4.14. The fourth-order valence-electron chi connectivity index (χ4n) is 3.90. The predicted octanol–water partition coefficient (Wildman–Crippen LogP) is 2.49. The molecule has 0 aliphatic carbocycles. The van der Waals surface area contributed by atoms with E-state index in [1.54, 1.807) is 0 Å². The van der Waals surface area contributed by atoms with E-state index in [0.29, 0.717) is 0 Å². The Balaban J connectivity index is 1.96. The van der Waals surface area contributed by atoms with Crippen LogP contribution in [0.2, 0.25) is 0 Å². The molecule has 0 aromatic rings. The highest BCUT2D eigenvalue weighted by Gasteiger charge is 2.40. The summed E-state index contributed by atoms with van der Waals surface area (Å²) in [6, 6.07) is 0. The maximum absolute atomic E-state index is 2.45. The maximum Gasteiger partial charge on any atom is 0.129 e. The molecule has 0 radical (unpaired) electrons. The number of piperazine rings is 1. The number of hydrogen-bond donors (Lipinski definition) is 0. The molecular weight excluding hydrogens is 208 g/mol. The minimum Gasteiger partial charge on any atom is -0.315 e. The summed E-state index contributed by atoms with van der Waals surface area (Å²) in [5, 5.41) is 0. The van der Waals surface area contributed by atoms with Crippen molar-refractivity contribution < 1.29 is 8.97 Å². The van der Waals surface area contributed by atoms with Crippen LogP contribution in [0.5, 0.6) is 0 Å². The summed E-state index contributed by atoms with van der Waals surface area (Å²) in [5.41, 5.74) is 0. The van der Waals surface area contributed by atoms with E-state index in [-0.39, 0.29) is 0 Å². The van der Waals surface area contributed by atoms with Crippen molar-refractivity contribution in [2.45, 2.75) is 40.0 Å². The fourth-order valence-corrected chi connectivity index (χ4v) is 3.90. The Morgan fingerprint density at radius 2 is 1.47 bits per heavy atom. The predicted molar refractivity (Wildman–Crippen MR) is 73.8 cm³/mol. The summed E-state index contributed by atoms with van der Waals surface area (Å²) in [6.07, 6.45) is 4.42. The van der Waals surface area contributed by atoms with Crippen molar-refractivity contribution in [1.82, 2.24) is 0 Å². The van der Waals surface area contributed by atoms with Crippen LogP contribution in [0.15, 0.2) is 0 Å². The lowest BCUT2D eigenvalue weighted by Crippen LogP contribution is -2.66. The summed E-state index contributed by atoms with van der Waals surface area (Å²) in [4.78, 5) is 0. The Bertz CT molecular complexity index is 235. The van der Waals surface area contributed by atoms with Crippen LogP contribution in [0.1, 0.15) is 40.0 Å². The van der Waals surface area contributed by atoms with Crippen LogP contribution in [0, 0.1) is 5.92 Å². The van der Waals surface area contributed by atoms with Crippen molar-refractivity contribution in [2.24, 2.45) is 5.92 Å². The Morgan fingerprint density at radius 1 is 0.824 bits per heavy atom. The Hall–Kier alpha value is -0.0800. The molecule has 2 fully saturated rings. The van der Waals surface area contributed by atoms with E-state index < -0.39 is 0 Å². The van der Waals surface area contributed by atoms with E-state index in [0.717, 1.165) is 5.92 Å². The van der Waals surface area contributed by atoms with E-state index in [4.69, 9.17) is 0 Å². The normalized spacial score (nSPS) is 32.3. The van der Waals surface area contributed by atoms with Gasteiger partial charge in [0.05, 0.1) is 26.2 Å². The first kappa shape index (κ1) is 13.4. The van der Waals surface area contributed by atoms with Crippen LogP contribution < -0.4 is 0 Å². The van der Waals surface area contributed by atoms with Crippen molar-refractivity contribution in [1.29, 1.82) is 0 Å². The van der Waals surface area contributed by atoms with Gasteiger partial charge in [0.25, 0.3) is 0 Å². The second-order valence-electron chi connectivity index (χ2n) is 6.69. The van der Waals surface area contributed by atoms with Gasteiger partial charge in [-0.1, -0.05) is 6.92 Å². The Labute approximate surface area is 108 Å². The SMILES string of the molecule is CC[N+]1(CC)CC[N+]2(CCC[C@H](C)CC2)CC1. The monoisotopic (exact) mass is 240 g/mol. The first-order valence-corrected chi connectivity index (χ1v) is 7.84. The summed E-state index contributed by atoms with van der Waals surface area (Å²) < 4.78 is 2.85. The van der Waals surface area contributed by atoms with Gasteiger partial charge in [-0.3, -0.25) is 0 Å². The number of hydrogen-bond acceptors (Lipinski definition) is 0. The molecule has 2 heterocycles. The zero-order valence-electron chi connectivity index (χ0n) is 12.2. The van der Waals surface area contributed by atoms with E-state index in [1.807, 2.05) is 0 Å². The highest BCUT2D eigenvalue weighted by molar-refractivity contribution is 4.62. The van der Waals surface area contributed by atoms with Gasteiger partial charge in [-0.25, -0.2) is 0 Å². The molecule has 2 aliphatic heterocycles. The third kappa shape index (κ3) is 2.85. The van der Waals surface area contributed by atoms with Crippen molar-refractivity contribution in [3.05, 3.63) is 0 Å². The molecular formula is C15H32N2+2. The molecule has 2 nitrogen and oxygen atoms in total. The average Bonchev–Trinajstić information content (AvgIpc) is 2.55. The van der Waals surface area contributed by atoms with Gasteiger partial charge < -0.3 is 8.97 Å². The lowest BCUT2D eigenvalue weighted by Gasteiger charge is -2.49. The standard InChI is InChI=1S/C15H32N2/c1-4-16(5-2)11-13-17(14-12-16)9-6-7-15(3)8-10-17/h15H,4-14H2,1-3H3/q+2/t15-/m0/s1. The van der Waals surface area contributed by atoms with Crippen molar-refractivity contribution in [3.63, 3.8) is 0 Å². The van der Waals surface area contributed by atoms with Crippen LogP contribution in [-0.4, -0.2) is 61.3 Å². The molecule has 2 aliphatic rings. The molecule has 0 aromatic heterocycles. The number of quaternary nitrogens is 2. The highest BCUT2D eigenvalue weighted by Crippen LogP contribution is 2.26. The Morgan fingerprint density at radius 3 is 2.06 bits per heavy atom. The van der Waals surface area contributed by atoms with Crippen molar-refractivity contribution in [2.75, 3.05) is 52.4 Å². The lowest BCUT2D eigenvalue weighted by molar-refractivity contribution is -1.03. The molecule has 0 saturated carbocycles. The van der Waals surface area contributed by atoms with Crippen LogP contribution in [0.3, 0.4) is 0 Å². The van der Waals surface area contributed by atoms with Crippen LogP contribution in [0.25, 0.3) is 0 Å². The van der Waals surface area contributed by atoms with Gasteiger partial charge in [0, 0.05) is 0 Å². The van der Waals surface area contributed by atoms with Crippen LogP contribution in [-0.2, 0) is 0 Å².